The van der Waals surface area contributed by atoms with E-state index in [0.717, 1.165) is 24.3 Å². The number of aromatic nitrogens is 1. The number of nitrogens with one attached hydrogen (secondary N) is 1. The van der Waals surface area contributed by atoms with Gasteiger partial charge in [0.1, 0.15) is 0 Å². The minimum absolute atomic E-state index is 0.718. The third-order valence-electron chi connectivity index (χ3n) is 3.55. The summed E-state index contributed by atoms with van der Waals surface area (Å²) in [5.74, 6) is 0. The van der Waals surface area contributed by atoms with Crippen LogP contribution in [-0.2, 0) is 6.42 Å². The van der Waals surface area contributed by atoms with Gasteiger partial charge in [0.25, 0.3) is 0 Å². The molecule has 0 aliphatic heterocycles. The van der Waals surface area contributed by atoms with Gasteiger partial charge in [0.2, 0.25) is 0 Å². The minimum Gasteiger partial charge on any atom is -0.313 e. The molecule has 2 nitrogen and oxygen atoms in total. The molecule has 0 amide bonds. The van der Waals surface area contributed by atoms with Crippen molar-refractivity contribution >= 4 is 11.8 Å². The molecule has 17 heavy (non-hydrogen) atoms. The highest BCUT2D eigenvalue weighted by molar-refractivity contribution is 7.99. The SMILES string of the molecule is CSC1CCCCC1NCCc1cccnc1. The van der Waals surface area contributed by atoms with Gasteiger partial charge in [0.15, 0.2) is 0 Å². The van der Waals surface area contributed by atoms with Gasteiger partial charge in [0, 0.05) is 23.7 Å². The maximum absolute atomic E-state index is 4.15. The summed E-state index contributed by atoms with van der Waals surface area (Å²) in [6.07, 6.45) is 12.7. The van der Waals surface area contributed by atoms with Crippen LogP contribution in [0.15, 0.2) is 24.5 Å². The van der Waals surface area contributed by atoms with Crippen molar-refractivity contribution in [1.29, 1.82) is 0 Å². The molecule has 0 saturated heterocycles. The Hall–Kier alpha value is -0.540. The van der Waals surface area contributed by atoms with E-state index < -0.39 is 0 Å². The van der Waals surface area contributed by atoms with Crippen LogP contribution in [0, 0.1) is 0 Å². The molecule has 1 aliphatic rings. The average molecular weight is 250 g/mol. The van der Waals surface area contributed by atoms with Crippen LogP contribution in [0.4, 0.5) is 0 Å². The summed E-state index contributed by atoms with van der Waals surface area (Å²) in [4.78, 5) is 4.15. The summed E-state index contributed by atoms with van der Waals surface area (Å²) in [6, 6.07) is 4.89. The number of hydrogen-bond acceptors (Lipinski definition) is 3. The van der Waals surface area contributed by atoms with Crippen LogP contribution in [0.1, 0.15) is 31.2 Å². The first kappa shape index (κ1) is 12.9. The second kappa shape index (κ2) is 7.02. The van der Waals surface area contributed by atoms with Gasteiger partial charge in [-0.1, -0.05) is 18.9 Å². The van der Waals surface area contributed by atoms with Crippen molar-refractivity contribution in [2.24, 2.45) is 0 Å². The Bertz CT molecular complexity index is 315. The second-order valence-corrected chi connectivity index (χ2v) is 5.81. The molecular weight excluding hydrogens is 228 g/mol. The van der Waals surface area contributed by atoms with E-state index in [9.17, 15) is 0 Å². The molecule has 3 heteroatoms. The van der Waals surface area contributed by atoms with E-state index in [2.05, 4.69) is 22.6 Å². The van der Waals surface area contributed by atoms with Crippen LogP contribution in [0.5, 0.6) is 0 Å². The lowest BCUT2D eigenvalue weighted by atomic mass is 9.95. The largest absolute Gasteiger partial charge is 0.313 e. The molecule has 1 N–H and O–H groups in total. The van der Waals surface area contributed by atoms with Crippen molar-refractivity contribution in [2.45, 2.75) is 43.4 Å². The van der Waals surface area contributed by atoms with Crippen LogP contribution in [0.2, 0.25) is 0 Å². The lowest BCUT2D eigenvalue weighted by molar-refractivity contribution is 0.386. The Kier molecular flexibility index (Phi) is 5.33. The van der Waals surface area contributed by atoms with Crippen molar-refractivity contribution in [3.63, 3.8) is 0 Å². The third kappa shape index (κ3) is 4.00. The molecular formula is C14H22N2S. The van der Waals surface area contributed by atoms with Gasteiger partial charge in [-0.3, -0.25) is 4.98 Å². The number of nitrogens with zero attached hydrogens (tertiary/aromatic N) is 1. The zero-order valence-electron chi connectivity index (χ0n) is 10.6. The summed E-state index contributed by atoms with van der Waals surface area (Å²) >= 11 is 2.03. The number of rotatable bonds is 5. The fourth-order valence-electron chi connectivity index (χ4n) is 2.56. The quantitative estimate of drug-likeness (QED) is 0.870. The summed E-state index contributed by atoms with van der Waals surface area (Å²) < 4.78 is 0. The number of thioether (sulfide) groups is 1. The van der Waals surface area contributed by atoms with E-state index in [0.29, 0.717) is 0 Å². The van der Waals surface area contributed by atoms with E-state index >= 15 is 0 Å². The van der Waals surface area contributed by atoms with Crippen LogP contribution in [0.3, 0.4) is 0 Å². The van der Waals surface area contributed by atoms with Crippen molar-refractivity contribution in [1.82, 2.24) is 10.3 Å². The van der Waals surface area contributed by atoms with Gasteiger partial charge in [-0.25, -0.2) is 0 Å². The molecule has 0 bridgehead atoms. The maximum Gasteiger partial charge on any atom is 0.0300 e. The molecule has 2 rings (SSSR count). The van der Waals surface area contributed by atoms with Crippen LogP contribution in [0.25, 0.3) is 0 Å². The van der Waals surface area contributed by atoms with Gasteiger partial charge < -0.3 is 5.32 Å². The monoisotopic (exact) mass is 250 g/mol. The van der Waals surface area contributed by atoms with E-state index in [1.165, 1.54) is 31.2 Å². The second-order valence-electron chi connectivity index (χ2n) is 4.73. The Morgan fingerprint density at radius 3 is 3.06 bits per heavy atom. The fraction of sp³-hybridized carbons (Fsp3) is 0.643. The van der Waals surface area contributed by atoms with Crippen molar-refractivity contribution in [2.75, 3.05) is 12.8 Å². The van der Waals surface area contributed by atoms with E-state index in [-0.39, 0.29) is 0 Å². The summed E-state index contributed by atoms with van der Waals surface area (Å²) in [5.41, 5.74) is 1.33. The topological polar surface area (TPSA) is 24.9 Å². The van der Waals surface area contributed by atoms with Crippen molar-refractivity contribution in [3.05, 3.63) is 30.1 Å². The average Bonchev–Trinajstić information content (AvgIpc) is 2.40. The number of hydrogen-bond donors (Lipinski definition) is 1. The Morgan fingerprint density at radius 1 is 1.41 bits per heavy atom. The molecule has 1 fully saturated rings. The first-order valence-corrected chi connectivity index (χ1v) is 7.84. The van der Waals surface area contributed by atoms with Gasteiger partial charge in [0.05, 0.1) is 0 Å². The predicted molar refractivity (Wildman–Crippen MR) is 75.5 cm³/mol. The summed E-state index contributed by atoms with van der Waals surface area (Å²) in [7, 11) is 0. The van der Waals surface area contributed by atoms with Crippen molar-refractivity contribution < 1.29 is 0 Å². The summed E-state index contributed by atoms with van der Waals surface area (Å²) in [6.45, 7) is 1.08. The highest BCUT2D eigenvalue weighted by Gasteiger charge is 2.23. The Balaban J connectivity index is 1.74. The van der Waals surface area contributed by atoms with Gasteiger partial charge in [-0.05, 0) is 43.7 Å². The molecule has 1 aromatic heterocycles. The van der Waals surface area contributed by atoms with Crippen molar-refractivity contribution in [3.8, 4) is 0 Å². The molecule has 2 unspecified atom stereocenters. The molecule has 1 saturated carbocycles. The number of pyridine rings is 1. The van der Waals surface area contributed by atoms with E-state index in [4.69, 9.17) is 0 Å². The zero-order valence-corrected chi connectivity index (χ0v) is 11.4. The van der Waals surface area contributed by atoms with Crippen LogP contribution in [-0.4, -0.2) is 29.1 Å². The molecule has 1 aliphatic carbocycles. The first-order valence-electron chi connectivity index (χ1n) is 6.55. The molecule has 0 spiro atoms. The zero-order chi connectivity index (χ0) is 11.9. The molecule has 0 radical (unpaired) electrons. The van der Waals surface area contributed by atoms with Gasteiger partial charge >= 0.3 is 0 Å². The first-order chi connectivity index (χ1) is 8.40. The third-order valence-corrected chi connectivity index (χ3v) is 4.72. The lowest BCUT2D eigenvalue weighted by Crippen LogP contribution is -2.41. The Labute approximate surface area is 109 Å². The molecule has 1 heterocycles. The van der Waals surface area contributed by atoms with Gasteiger partial charge in [-0.2, -0.15) is 11.8 Å². The van der Waals surface area contributed by atoms with Crippen LogP contribution < -0.4 is 5.32 Å². The highest BCUT2D eigenvalue weighted by atomic mass is 32.2. The Morgan fingerprint density at radius 2 is 2.29 bits per heavy atom. The standard InChI is InChI=1S/C14H22N2S/c1-17-14-7-3-2-6-13(14)16-10-8-12-5-4-9-15-11-12/h4-5,9,11,13-14,16H,2-3,6-8,10H2,1H3. The van der Waals surface area contributed by atoms with E-state index in [1.807, 2.05) is 30.2 Å². The molecule has 94 valence electrons. The predicted octanol–water partition coefficient (Wildman–Crippen LogP) is 2.89. The van der Waals surface area contributed by atoms with Crippen LogP contribution >= 0.6 is 11.8 Å². The molecule has 0 aromatic carbocycles. The minimum atomic E-state index is 0.718. The molecule has 1 aromatic rings. The lowest BCUT2D eigenvalue weighted by Gasteiger charge is -2.31. The molecule has 2 atom stereocenters. The highest BCUT2D eigenvalue weighted by Crippen LogP contribution is 2.26. The van der Waals surface area contributed by atoms with E-state index in [1.54, 1.807) is 0 Å². The fourth-order valence-corrected chi connectivity index (χ4v) is 3.52. The smallest absolute Gasteiger partial charge is 0.0300 e. The maximum atomic E-state index is 4.15. The normalized spacial score (nSPS) is 24.8. The van der Waals surface area contributed by atoms with Gasteiger partial charge in [-0.15, -0.1) is 0 Å². The summed E-state index contributed by atoms with van der Waals surface area (Å²) in [5, 5.41) is 4.54.